The molecule has 1 fully saturated rings. The summed E-state index contributed by atoms with van der Waals surface area (Å²) in [5, 5.41) is 2.91. The van der Waals surface area contributed by atoms with Gasteiger partial charge in [0.1, 0.15) is 11.0 Å². The van der Waals surface area contributed by atoms with Crippen LogP contribution in [0.3, 0.4) is 0 Å². The second-order valence-electron chi connectivity index (χ2n) is 4.46. The molecule has 1 aliphatic carbocycles. The highest BCUT2D eigenvalue weighted by Crippen LogP contribution is 2.24. The molecule has 18 heavy (non-hydrogen) atoms. The highest BCUT2D eigenvalue weighted by atomic mass is 35.5. The Morgan fingerprint density at radius 2 is 2.17 bits per heavy atom. The molecule has 1 aliphatic rings. The monoisotopic (exact) mass is 288 g/mol. The van der Waals surface area contributed by atoms with Crippen molar-refractivity contribution < 1.29 is 4.79 Å². The molecule has 0 bridgehead atoms. The highest BCUT2D eigenvalue weighted by molar-refractivity contribution is 6.32. The molecule has 2 atom stereocenters. The second kappa shape index (κ2) is 5.82. The second-order valence-corrected chi connectivity index (χ2v) is 5.18. The van der Waals surface area contributed by atoms with Crippen LogP contribution in [0.4, 0.5) is 5.82 Å². The van der Waals surface area contributed by atoms with Crippen LogP contribution >= 0.6 is 23.2 Å². The Labute approximate surface area is 115 Å². The van der Waals surface area contributed by atoms with Gasteiger partial charge in [-0.05, 0) is 30.9 Å². The van der Waals surface area contributed by atoms with Crippen LogP contribution in [-0.2, 0) is 4.79 Å². The van der Waals surface area contributed by atoms with Gasteiger partial charge in [-0.3, -0.25) is 4.79 Å². The van der Waals surface area contributed by atoms with Crippen molar-refractivity contribution in [3.63, 3.8) is 0 Å². The molecular formula is C11H14Cl2N4O. The maximum atomic E-state index is 12.0. The molecule has 98 valence electrons. The third-order valence-corrected chi connectivity index (χ3v) is 3.37. The summed E-state index contributed by atoms with van der Waals surface area (Å²) in [6, 6.07) is 1.57. The smallest absolute Gasteiger partial charge is 0.228 e. The molecule has 5 nitrogen and oxygen atoms in total. The van der Waals surface area contributed by atoms with Gasteiger partial charge in [0.05, 0.1) is 0 Å². The molecule has 2 rings (SSSR count). The fourth-order valence-corrected chi connectivity index (χ4v) is 2.56. The van der Waals surface area contributed by atoms with Crippen LogP contribution in [0.5, 0.6) is 0 Å². The van der Waals surface area contributed by atoms with Crippen molar-refractivity contribution in [1.29, 1.82) is 0 Å². The van der Waals surface area contributed by atoms with E-state index in [0.717, 1.165) is 19.3 Å². The van der Waals surface area contributed by atoms with Crippen molar-refractivity contribution >= 4 is 34.9 Å². The van der Waals surface area contributed by atoms with Gasteiger partial charge in [-0.15, -0.1) is 0 Å². The van der Waals surface area contributed by atoms with Crippen LogP contribution in [0, 0.1) is 5.92 Å². The van der Waals surface area contributed by atoms with E-state index in [2.05, 4.69) is 15.3 Å². The van der Waals surface area contributed by atoms with Gasteiger partial charge in [0.25, 0.3) is 0 Å². The minimum absolute atomic E-state index is 0.0122. The van der Waals surface area contributed by atoms with E-state index in [1.165, 1.54) is 6.07 Å². The van der Waals surface area contributed by atoms with E-state index in [9.17, 15) is 4.79 Å². The van der Waals surface area contributed by atoms with E-state index in [1.807, 2.05) is 0 Å². The van der Waals surface area contributed by atoms with Crippen molar-refractivity contribution in [3.05, 3.63) is 16.5 Å². The van der Waals surface area contributed by atoms with E-state index in [-0.39, 0.29) is 28.3 Å². The fraction of sp³-hybridized carbons (Fsp3) is 0.545. The number of anilines is 1. The van der Waals surface area contributed by atoms with E-state index < -0.39 is 0 Å². The SMILES string of the molecule is NC1CCCC(C(=O)Nc2cc(Cl)nc(Cl)n2)C1. The molecule has 1 heterocycles. The fourth-order valence-electron chi connectivity index (χ4n) is 2.15. The Morgan fingerprint density at radius 3 is 2.83 bits per heavy atom. The lowest BCUT2D eigenvalue weighted by Crippen LogP contribution is -2.34. The van der Waals surface area contributed by atoms with Crippen molar-refractivity contribution in [1.82, 2.24) is 9.97 Å². The normalized spacial score (nSPS) is 23.7. The van der Waals surface area contributed by atoms with Crippen LogP contribution in [0.1, 0.15) is 25.7 Å². The lowest BCUT2D eigenvalue weighted by atomic mass is 9.85. The zero-order valence-electron chi connectivity index (χ0n) is 9.70. The Kier molecular flexibility index (Phi) is 4.37. The zero-order valence-corrected chi connectivity index (χ0v) is 11.2. The van der Waals surface area contributed by atoms with Crippen molar-refractivity contribution in [2.75, 3.05) is 5.32 Å². The maximum Gasteiger partial charge on any atom is 0.228 e. The number of rotatable bonds is 2. The van der Waals surface area contributed by atoms with Gasteiger partial charge in [0.2, 0.25) is 11.2 Å². The van der Waals surface area contributed by atoms with Crippen LogP contribution in [0.25, 0.3) is 0 Å². The molecule has 3 N–H and O–H groups in total. The minimum Gasteiger partial charge on any atom is -0.328 e. The van der Waals surface area contributed by atoms with E-state index >= 15 is 0 Å². The van der Waals surface area contributed by atoms with Gasteiger partial charge in [-0.25, -0.2) is 9.97 Å². The number of nitrogens with zero attached hydrogens (tertiary/aromatic N) is 2. The standard InChI is InChI=1S/C11H14Cl2N4O/c12-8-5-9(17-11(13)15-8)16-10(18)6-2-1-3-7(14)4-6/h5-7H,1-4,14H2,(H,15,16,17,18). The van der Waals surface area contributed by atoms with E-state index in [4.69, 9.17) is 28.9 Å². The molecule has 2 unspecified atom stereocenters. The third-order valence-electron chi connectivity index (χ3n) is 3.00. The third kappa shape index (κ3) is 3.54. The molecule has 1 aromatic heterocycles. The number of hydrogen-bond acceptors (Lipinski definition) is 4. The summed E-state index contributed by atoms with van der Waals surface area (Å²) in [6.07, 6.45) is 3.52. The molecule has 1 saturated carbocycles. The van der Waals surface area contributed by atoms with Crippen molar-refractivity contribution in [2.45, 2.75) is 31.7 Å². The molecular weight excluding hydrogens is 275 g/mol. The number of nitrogens with one attached hydrogen (secondary N) is 1. The van der Waals surface area contributed by atoms with Gasteiger partial charge in [-0.2, -0.15) is 0 Å². The number of halogens is 2. The van der Waals surface area contributed by atoms with Gasteiger partial charge in [0, 0.05) is 18.0 Å². The quantitative estimate of drug-likeness (QED) is 0.646. The van der Waals surface area contributed by atoms with Crippen LogP contribution in [0.15, 0.2) is 6.07 Å². The first-order chi connectivity index (χ1) is 8.54. The maximum absolute atomic E-state index is 12.0. The van der Waals surface area contributed by atoms with Crippen molar-refractivity contribution in [3.8, 4) is 0 Å². The summed E-state index contributed by atoms with van der Waals surface area (Å²) in [6.45, 7) is 0. The average molecular weight is 289 g/mol. The lowest BCUT2D eigenvalue weighted by molar-refractivity contribution is -0.120. The summed E-state index contributed by atoms with van der Waals surface area (Å²) < 4.78 is 0. The molecule has 0 saturated heterocycles. The Hall–Kier alpha value is -0.910. The first kappa shape index (κ1) is 13.5. The lowest BCUT2D eigenvalue weighted by Gasteiger charge is -2.25. The zero-order chi connectivity index (χ0) is 13.1. The molecule has 1 amide bonds. The van der Waals surface area contributed by atoms with Crippen LogP contribution in [-0.4, -0.2) is 21.9 Å². The summed E-state index contributed by atoms with van der Waals surface area (Å²) in [7, 11) is 0. The molecule has 7 heteroatoms. The number of amides is 1. The number of hydrogen-bond donors (Lipinski definition) is 2. The summed E-state index contributed by atoms with van der Waals surface area (Å²) in [4.78, 5) is 19.6. The summed E-state index contributed by atoms with van der Waals surface area (Å²) >= 11 is 11.4. The highest BCUT2D eigenvalue weighted by Gasteiger charge is 2.25. The van der Waals surface area contributed by atoms with Gasteiger partial charge in [0.15, 0.2) is 0 Å². The Balaban J connectivity index is 2.02. The predicted molar refractivity (Wildman–Crippen MR) is 70.6 cm³/mol. The first-order valence-corrected chi connectivity index (χ1v) is 6.56. The number of aromatic nitrogens is 2. The molecule has 1 aromatic rings. The van der Waals surface area contributed by atoms with Crippen molar-refractivity contribution in [2.24, 2.45) is 11.7 Å². The molecule has 0 aliphatic heterocycles. The van der Waals surface area contributed by atoms with Gasteiger partial charge < -0.3 is 11.1 Å². The number of nitrogens with two attached hydrogens (primary N) is 1. The van der Waals surface area contributed by atoms with Gasteiger partial charge in [-0.1, -0.05) is 18.0 Å². The average Bonchev–Trinajstić information content (AvgIpc) is 2.27. The van der Waals surface area contributed by atoms with Crippen LogP contribution in [0.2, 0.25) is 10.4 Å². The topological polar surface area (TPSA) is 80.9 Å². The molecule has 0 spiro atoms. The van der Waals surface area contributed by atoms with Gasteiger partial charge >= 0.3 is 0 Å². The summed E-state index contributed by atoms with van der Waals surface area (Å²) in [5.41, 5.74) is 5.86. The largest absolute Gasteiger partial charge is 0.328 e. The molecule has 0 radical (unpaired) electrons. The van der Waals surface area contributed by atoms with E-state index in [0.29, 0.717) is 12.2 Å². The predicted octanol–water partition coefficient (Wildman–Crippen LogP) is 2.24. The summed E-state index contributed by atoms with van der Waals surface area (Å²) in [5.74, 6) is 0.168. The molecule has 0 aromatic carbocycles. The van der Waals surface area contributed by atoms with E-state index in [1.54, 1.807) is 0 Å². The minimum atomic E-state index is -0.0871. The Bertz CT molecular complexity index is 434. The van der Waals surface area contributed by atoms with Crippen LogP contribution < -0.4 is 11.1 Å². The first-order valence-electron chi connectivity index (χ1n) is 5.81. The Morgan fingerprint density at radius 1 is 1.39 bits per heavy atom. The number of carbonyl (C=O) groups is 1. The number of carbonyl (C=O) groups excluding carboxylic acids is 1.